The van der Waals surface area contributed by atoms with Gasteiger partial charge in [0.1, 0.15) is 11.6 Å². The van der Waals surface area contributed by atoms with Crippen LogP contribution in [0.15, 0.2) is 30.3 Å². The van der Waals surface area contributed by atoms with Gasteiger partial charge in [-0.3, -0.25) is 5.10 Å². The van der Waals surface area contributed by atoms with Crippen molar-refractivity contribution in [3.63, 3.8) is 0 Å². The highest BCUT2D eigenvalue weighted by molar-refractivity contribution is 6.37. The number of hydrogen-bond donors (Lipinski definition) is 3. The Balaban J connectivity index is 1.31. The lowest BCUT2D eigenvalue weighted by molar-refractivity contribution is 0.310. The van der Waals surface area contributed by atoms with Gasteiger partial charge in [0.05, 0.1) is 5.02 Å². The Kier molecular flexibility index (Phi) is 5.74. The number of anilines is 3. The summed E-state index contributed by atoms with van der Waals surface area (Å²) in [6.07, 6.45) is 3.71. The number of aromatic nitrogens is 5. The molecule has 0 bridgehead atoms. The Bertz CT molecular complexity index is 1350. The number of H-pyrrole nitrogens is 2. The zero-order valence-corrected chi connectivity index (χ0v) is 20.7. The van der Waals surface area contributed by atoms with Crippen LogP contribution in [0, 0.1) is 6.92 Å². The Morgan fingerprint density at radius 3 is 2.66 bits per heavy atom. The number of benzene rings is 1. The molecule has 35 heavy (non-hydrogen) atoms. The molecular weight excluding hydrogens is 464 g/mol. The summed E-state index contributed by atoms with van der Waals surface area (Å²) >= 11 is 6.70. The monoisotopic (exact) mass is 492 g/mol. The van der Waals surface area contributed by atoms with Crippen LogP contribution in [0.4, 0.5) is 17.6 Å². The van der Waals surface area contributed by atoms with Crippen molar-refractivity contribution in [2.75, 3.05) is 43.4 Å². The molecule has 4 heterocycles. The fourth-order valence-corrected chi connectivity index (χ4v) is 4.87. The zero-order chi connectivity index (χ0) is 23.9. The van der Waals surface area contributed by atoms with Gasteiger partial charge in [-0.2, -0.15) is 15.1 Å². The van der Waals surface area contributed by atoms with Crippen molar-refractivity contribution in [3.05, 3.63) is 46.7 Å². The predicted molar refractivity (Wildman–Crippen MR) is 138 cm³/mol. The smallest absolute Gasteiger partial charge is 0.230 e. The number of hydrogen-bond acceptors (Lipinski definition) is 7. The van der Waals surface area contributed by atoms with Gasteiger partial charge < -0.3 is 24.8 Å². The minimum atomic E-state index is 0.430. The third-order valence-corrected chi connectivity index (χ3v) is 7.32. The summed E-state index contributed by atoms with van der Waals surface area (Å²) in [7, 11) is 2.13. The first-order valence-corrected chi connectivity index (χ1v) is 12.5. The summed E-state index contributed by atoms with van der Waals surface area (Å²) in [5.74, 6) is 3.56. The molecule has 1 aliphatic heterocycles. The van der Waals surface area contributed by atoms with E-state index in [9.17, 15) is 0 Å². The molecule has 182 valence electrons. The molecule has 6 rings (SSSR count). The van der Waals surface area contributed by atoms with E-state index in [4.69, 9.17) is 26.3 Å². The van der Waals surface area contributed by atoms with Crippen molar-refractivity contribution in [2.24, 2.45) is 0 Å². The van der Waals surface area contributed by atoms with Gasteiger partial charge in [0.25, 0.3) is 0 Å². The number of fused-ring (bicyclic) bond motifs is 1. The molecule has 2 aliphatic rings. The van der Waals surface area contributed by atoms with Crippen LogP contribution in [0.25, 0.3) is 10.9 Å². The number of rotatable bonds is 6. The average molecular weight is 493 g/mol. The van der Waals surface area contributed by atoms with E-state index in [-0.39, 0.29) is 0 Å². The third-order valence-electron chi connectivity index (χ3n) is 6.93. The molecule has 0 radical (unpaired) electrons. The molecule has 1 saturated carbocycles. The number of halogens is 1. The quantitative estimate of drug-likeness (QED) is 0.340. The van der Waals surface area contributed by atoms with Crippen molar-refractivity contribution in [2.45, 2.75) is 32.1 Å². The van der Waals surface area contributed by atoms with E-state index in [2.05, 4.69) is 43.4 Å². The maximum absolute atomic E-state index is 6.70. The summed E-state index contributed by atoms with van der Waals surface area (Å²) in [4.78, 5) is 17.3. The molecule has 1 saturated heterocycles. The van der Waals surface area contributed by atoms with Crippen LogP contribution in [0.2, 0.25) is 5.02 Å². The van der Waals surface area contributed by atoms with Gasteiger partial charge in [-0.1, -0.05) is 18.0 Å². The normalized spacial score (nSPS) is 17.1. The van der Waals surface area contributed by atoms with Crippen LogP contribution in [0.3, 0.4) is 0 Å². The van der Waals surface area contributed by atoms with Crippen molar-refractivity contribution in [1.82, 2.24) is 30.0 Å². The summed E-state index contributed by atoms with van der Waals surface area (Å²) in [5, 5.41) is 12.4. The molecule has 3 aromatic heterocycles. The van der Waals surface area contributed by atoms with Crippen LogP contribution in [0.5, 0.6) is 11.6 Å². The van der Waals surface area contributed by atoms with Gasteiger partial charge >= 0.3 is 0 Å². The Labute approximate surface area is 208 Å². The first-order chi connectivity index (χ1) is 17.0. The molecule has 0 atom stereocenters. The second kappa shape index (κ2) is 9.05. The number of ether oxygens (including phenoxy) is 1. The number of nitrogens with one attached hydrogen (secondary N) is 3. The lowest BCUT2D eigenvalue weighted by Crippen LogP contribution is -2.45. The van der Waals surface area contributed by atoms with Crippen molar-refractivity contribution in [1.29, 1.82) is 0 Å². The van der Waals surface area contributed by atoms with Gasteiger partial charge in [0, 0.05) is 66.5 Å². The molecular formula is C25H29ClN8O. The molecule has 4 aromatic rings. The average Bonchev–Trinajstić information content (AvgIpc) is 3.41. The lowest BCUT2D eigenvalue weighted by Gasteiger charge is -2.32. The highest BCUT2D eigenvalue weighted by Crippen LogP contribution is 2.38. The van der Waals surface area contributed by atoms with E-state index in [1.54, 1.807) is 6.07 Å². The molecule has 1 aliphatic carbocycles. The minimum absolute atomic E-state index is 0.430. The highest BCUT2D eigenvalue weighted by Gasteiger charge is 2.23. The minimum Gasteiger partial charge on any atom is -0.437 e. The maximum Gasteiger partial charge on any atom is 0.230 e. The second-order valence-corrected chi connectivity index (χ2v) is 9.91. The Morgan fingerprint density at radius 1 is 1.06 bits per heavy atom. The number of nitrogens with zero attached hydrogens (tertiary/aromatic N) is 5. The van der Waals surface area contributed by atoms with E-state index in [0.717, 1.165) is 48.6 Å². The molecule has 0 unspecified atom stereocenters. The molecule has 0 amide bonds. The van der Waals surface area contributed by atoms with Crippen LogP contribution >= 0.6 is 11.6 Å². The van der Waals surface area contributed by atoms with Crippen molar-refractivity contribution >= 4 is 40.1 Å². The number of aromatic amines is 2. The van der Waals surface area contributed by atoms with Gasteiger partial charge in [-0.25, -0.2) is 0 Å². The van der Waals surface area contributed by atoms with E-state index >= 15 is 0 Å². The summed E-state index contributed by atoms with van der Waals surface area (Å²) in [6, 6.07) is 9.71. The predicted octanol–water partition coefficient (Wildman–Crippen LogP) is 5.20. The molecule has 2 fully saturated rings. The summed E-state index contributed by atoms with van der Waals surface area (Å²) in [6.45, 7) is 5.62. The van der Waals surface area contributed by atoms with Gasteiger partial charge in [-0.15, -0.1) is 0 Å². The standard InChI is InChI=1S/C25H29ClN8O/c1-15-12-17-18(27-15)6-7-20(24(17)26)35-23-14-21(28-22-13-19(31-32-22)16-4-3-5-16)29-25(30-23)34-10-8-33(2)9-11-34/h6-7,12-14,16,27H,3-5,8-11H2,1-2H3,(H2,28,29,30,31,32). The topological polar surface area (TPSA) is 98.0 Å². The number of aryl methyl sites for hydroxylation is 1. The van der Waals surface area contributed by atoms with Crippen LogP contribution in [0.1, 0.15) is 36.6 Å². The molecule has 9 nitrogen and oxygen atoms in total. The molecule has 10 heteroatoms. The zero-order valence-electron chi connectivity index (χ0n) is 19.9. The van der Waals surface area contributed by atoms with Crippen molar-refractivity contribution in [3.8, 4) is 11.6 Å². The summed E-state index contributed by atoms with van der Waals surface area (Å²) < 4.78 is 6.23. The van der Waals surface area contributed by atoms with E-state index in [1.807, 2.05) is 25.1 Å². The highest BCUT2D eigenvalue weighted by atomic mass is 35.5. The first kappa shape index (κ1) is 22.2. The molecule has 1 aromatic carbocycles. The Morgan fingerprint density at radius 2 is 1.89 bits per heavy atom. The van der Waals surface area contributed by atoms with Gasteiger partial charge in [-0.05, 0) is 45.0 Å². The fraction of sp³-hybridized carbons (Fsp3) is 0.400. The van der Waals surface area contributed by atoms with Crippen LogP contribution in [-0.2, 0) is 0 Å². The van der Waals surface area contributed by atoms with Crippen molar-refractivity contribution < 1.29 is 4.74 Å². The van der Waals surface area contributed by atoms with E-state index < -0.39 is 0 Å². The Hall–Kier alpha value is -3.30. The van der Waals surface area contributed by atoms with Crippen LogP contribution < -0.4 is 15.0 Å². The van der Waals surface area contributed by atoms with Crippen LogP contribution in [-0.4, -0.2) is 63.3 Å². The third kappa shape index (κ3) is 4.53. The SMILES string of the molecule is Cc1cc2c(Cl)c(Oc3cc(Nc4cc(C5CCC5)[nH]n4)nc(N4CCN(C)CC4)n3)ccc2[nH]1. The molecule has 3 N–H and O–H groups in total. The maximum atomic E-state index is 6.70. The van der Waals surface area contributed by atoms with E-state index in [1.165, 1.54) is 25.0 Å². The fourth-order valence-electron chi connectivity index (χ4n) is 4.62. The number of piperazine rings is 1. The summed E-state index contributed by atoms with van der Waals surface area (Å²) in [5.41, 5.74) is 3.19. The number of likely N-dealkylation sites (N-methyl/N-ethyl adjacent to an activating group) is 1. The molecule has 0 spiro atoms. The second-order valence-electron chi connectivity index (χ2n) is 9.54. The van der Waals surface area contributed by atoms with Gasteiger partial charge in [0.15, 0.2) is 5.82 Å². The lowest BCUT2D eigenvalue weighted by atomic mass is 9.83. The van der Waals surface area contributed by atoms with E-state index in [0.29, 0.717) is 34.3 Å². The van der Waals surface area contributed by atoms with Gasteiger partial charge in [0.2, 0.25) is 11.8 Å². The largest absolute Gasteiger partial charge is 0.437 e. The first-order valence-electron chi connectivity index (χ1n) is 12.1.